The number of methoxy groups -OCH3 is 1. The molecule has 4 nitrogen and oxygen atoms in total. The molecule has 1 atom stereocenters. The van der Waals surface area contributed by atoms with Crippen LogP contribution in [0.3, 0.4) is 0 Å². The Bertz CT molecular complexity index is 668. The number of carbonyl (C=O) groups excluding carboxylic acids is 1. The lowest BCUT2D eigenvalue weighted by Gasteiger charge is -2.32. The summed E-state index contributed by atoms with van der Waals surface area (Å²) >= 11 is 0. The van der Waals surface area contributed by atoms with E-state index < -0.39 is 29.0 Å². The van der Waals surface area contributed by atoms with Gasteiger partial charge in [0.05, 0.1) is 17.2 Å². The Hall–Kier alpha value is -1.79. The molecule has 1 N–H and O–H groups in total. The van der Waals surface area contributed by atoms with E-state index in [0.29, 0.717) is 12.8 Å². The quantitative estimate of drug-likeness (QED) is 0.860. The van der Waals surface area contributed by atoms with Crippen LogP contribution in [-0.2, 0) is 14.3 Å². The molecule has 1 aliphatic carbocycles. The van der Waals surface area contributed by atoms with Crippen LogP contribution >= 0.6 is 0 Å². The summed E-state index contributed by atoms with van der Waals surface area (Å²) in [7, 11) is 1.64. The normalized spacial score (nSPS) is 30.6. The number of hydrogen-bond acceptors (Lipinski definition) is 4. The van der Waals surface area contributed by atoms with Crippen molar-refractivity contribution in [1.82, 2.24) is 0 Å². The Morgan fingerprint density at radius 2 is 1.79 bits per heavy atom. The number of benzene rings is 1. The topological polar surface area (TPSA) is 55.8 Å². The minimum absolute atomic E-state index is 0.124. The summed E-state index contributed by atoms with van der Waals surface area (Å²) < 4.78 is 38.8. The van der Waals surface area contributed by atoms with Crippen molar-refractivity contribution in [3.8, 4) is 0 Å². The van der Waals surface area contributed by atoms with E-state index >= 15 is 0 Å². The second-order valence-corrected chi connectivity index (χ2v) is 6.47. The zero-order chi connectivity index (χ0) is 17.5. The number of cyclic esters (lactones) is 1. The Balaban J connectivity index is 2.09. The van der Waals surface area contributed by atoms with Gasteiger partial charge in [-0.05, 0) is 43.7 Å². The van der Waals surface area contributed by atoms with E-state index in [4.69, 9.17) is 9.47 Å². The number of esters is 1. The molecule has 0 saturated heterocycles. The maximum absolute atomic E-state index is 14.2. The zero-order valence-electron chi connectivity index (χ0n) is 13.6. The van der Waals surface area contributed by atoms with Gasteiger partial charge in [-0.15, -0.1) is 0 Å². The van der Waals surface area contributed by atoms with E-state index in [1.54, 1.807) is 7.11 Å². The van der Waals surface area contributed by atoms with Gasteiger partial charge in [0.25, 0.3) is 0 Å². The van der Waals surface area contributed by atoms with Gasteiger partial charge in [-0.25, -0.2) is 13.6 Å². The molecule has 130 valence electrons. The van der Waals surface area contributed by atoms with Crippen molar-refractivity contribution in [2.75, 3.05) is 7.11 Å². The number of hydrogen-bond donors (Lipinski definition) is 1. The molecular weight excluding hydrogens is 318 g/mol. The summed E-state index contributed by atoms with van der Waals surface area (Å²) in [6, 6.07) is 3.41. The molecule has 0 spiro atoms. The van der Waals surface area contributed by atoms with Crippen molar-refractivity contribution in [3.05, 3.63) is 41.0 Å². The lowest BCUT2D eigenvalue weighted by atomic mass is 9.77. The summed E-state index contributed by atoms with van der Waals surface area (Å²) in [6.07, 6.45) is 2.93. The number of ether oxygens (including phenoxy) is 2. The molecule has 1 aliphatic heterocycles. The van der Waals surface area contributed by atoms with Gasteiger partial charge < -0.3 is 14.6 Å². The van der Waals surface area contributed by atoms with E-state index in [2.05, 4.69) is 0 Å². The van der Waals surface area contributed by atoms with Crippen LogP contribution in [0.4, 0.5) is 8.78 Å². The van der Waals surface area contributed by atoms with Gasteiger partial charge in [0.2, 0.25) is 5.79 Å². The first-order valence-corrected chi connectivity index (χ1v) is 8.02. The van der Waals surface area contributed by atoms with Crippen molar-refractivity contribution in [1.29, 1.82) is 0 Å². The summed E-state index contributed by atoms with van der Waals surface area (Å²) in [4.78, 5) is 12.3. The highest BCUT2D eigenvalue weighted by molar-refractivity contribution is 6.20. The van der Waals surface area contributed by atoms with Gasteiger partial charge in [-0.2, -0.15) is 0 Å². The average Bonchev–Trinajstić information content (AvgIpc) is 2.76. The van der Waals surface area contributed by atoms with Crippen molar-refractivity contribution >= 4 is 11.5 Å². The van der Waals surface area contributed by atoms with Crippen LogP contribution in [0.1, 0.15) is 38.2 Å². The lowest BCUT2D eigenvalue weighted by molar-refractivity contribution is -0.176. The highest BCUT2D eigenvalue weighted by Gasteiger charge is 2.48. The van der Waals surface area contributed by atoms with Gasteiger partial charge in [0.15, 0.2) is 0 Å². The molecule has 24 heavy (non-hydrogen) atoms. The van der Waals surface area contributed by atoms with Crippen molar-refractivity contribution in [2.24, 2.45) is 5.92 Å². The summed E-state index contributed by atoms with van der Waals surface area (Å²) in [5.74, 6) is -4.63. The molecule has 6 heteroatoms. The number of rotatable bonds is 3. The van der Waals surface area contributed by atoms with E-state index in [9.17, 15) is 18.7 Å². The SMILES string of the molecule is COC1CCC(C2=C(c3c(F)cccc3F)C(=O)OC2(C)O)CC1. The van der Waals surface area contributed by atoms with Crippen LogP contribution in [0.5, 0.6) is 0 Å². The van der Waals surface area contributed by atoms with Gasteiger partial charge in [0, 0.05) is 19.6 Å². The number of halogens is 2. The smallest absolute Gasteiger partial charge is 0.341 e. The second-order valence-electron chi connectivity index (χ2n) is 6.47. The first-order valence-electron chi connectivity index (χ1n) is 8.02. The van der Waals surface area contributed by atoms with Crippen LogP contribution < -0.4 is 0 Å². The minimum atomic E-state index is -1.86. The van der Waals surface area contributed by atoms with Crippen molar-refractivity contribution < 1.29 is 28.2 Å². The molecule has 0 aromatic heterocycles. The van der Waals surface area contributed by atoms with E-state index in [0.717, 1.165) is 25.0 Å². The maximum atomic E-state index is 14.2. The van der Waals surface area contributed by atoms with E-state index in [1.807, 2.05) is 0 Å². The lowest BCUT2D eigenvalue weighted by Crippen LogP contribution is -2.33. The third-order valence-electron chi connectivity index (χ3n) is 4.89. The molecule has 2 aliphatic rings. The predicted octanol–water partition coefficient (Wildman–Crippen LogP) is 3.19. The molecule has 3 rings (SSSR count). The van der Waals surface area contributed by atoms with Crippen LogP contribution in [-0.4, -0.2) is 30.1 Å². The van der Waals surface area contributed by atoms with Crippen LogP contribution in [0.15, 0.2) is 23.8 Å². The molecule has 1 aromatic carbocycles. The third kappa shape index (κ3) is 2.84. The van der Waals surface area contributed by atoms with E-state index in [-0.39, 0.29) is 23.2 Å². The largest absolute Gasteiger partial charge is 0.426 e. The fourth-order valence-corrected chi connectivity index (χ4v) is 3.77. The maximum Gasteiger partial charge on any atom is 0.341 e. The molecule has 1 heterocycles. The molecule has 1 saturated carbocycles. The summed E-state index contributed by atoms with van der Waals surface area (Å²) in [6.45, 7) is 1.34. The third-order valence-corrected chi connectivity index (χ3v) is 4.89. The standard InChI is InChI=1S/C18H20F2O4/c1-18(22)16(10-6-8-11(23-2)9-7-10)15(17(21)24-18)14-12(19)4-3-5-13(14)20/h3-5,10-11,22H,6-9H2,1-2H3. The van der Waals surface area contributed by atoms with Crippen LogP contribution in [0, 0.1) is 17.6 Å². The summed E-state index contributed by atoms with van der Waals surface area (Å²) in [5, 5.41) is 10.5. The Labute approximate surface area is 139 Å². The van der Waals surface area contributed by atoms with E-state index in [1.165, 1.54) is 13.0 Å². The Morgan fingerprint density at radius 3 is 2.33 bits per heavy atom. The number of aliphatic hydroxyl groups is 1. The van der Waals surface area contributed by atoms with Gasteiger partial charge >= 0.3 is 5.97 Å². The predicted molar refractivity (Wildman–Crippen MR) is 82.7 cm³/mol. The second kappa shape index (κ2) is 6.26. The first kappa shape index (κ1) is 17.0. The van der Waals surface area contributed by atoms with Crippen molar-refractivity contribution in [2.45, 2.75) is 44.5 Å². The monoisotopic (exact) mass is 338 g/mol. The van der Waals surface area contributed by atoms with Crippen molar-refractivity contribution in [3.63, 3.8) is 0 Å². The first-order chi connectivity index (χ1) is 11.3. The fourth-order valence-electron chi connectivity index (χ4n) is 3.77. The Morgan fingerprint density at radius 1 is 1.21 bits per heavy atom. The van der Waals surface area contributed by atoms with Crippen LogP contribution in [0.2, 0.25) is 0 Å². The average molecular weight is 338 g/mol. The zero-order valence-corrected chi connectivity index (χ0v) is 13.6. The summed E-state index contributed by atoms with van der Waals surface area (Å²) in [5.41, 5.74) is -0.341. The number of carbonyl (C=O) groups is 1. The highest BCUT2D eigenvalue weighted by Crippen LogP contribution is 2.46. The molecule has 1 aromatic rings. The molecular formula is C18H20F2O4. The molecule has 0 amide bonds. The molecule has 0 bridgehead atoms. The Kier molecular flexibility index (Phi) is 4.44. The van der Waals surface area contributed by atoms with Gasteiger partial charge in [-0.3, -0.25) is 0 Å². The molecule has 1 fully saturated rings. The van der Waals surface area contributed by atoms with Crippen LogP contribution in [0.25, 0.3) is 5.57 Å². The highest BCUT2D eigenvalue weighted by atomic mass is 19.1. The fraction of sp³-hybridized carbons (Fsp3) is 0.500. The van der Waals surface area contributed by atoms with Gasteiger partial charge in [0.1, 0.15) is 11.6 Å². The van der Waals surface area contributed by atoms with Gasteiger partial charge in [-0.1, -0.05) is 6.07 Å². The minimum Gasteiger partial charge on any atom is -0.426 e. The molecule has 1 unspecified atom stereocenters. The molecule has 0 radical (unpaired) electrons.